The molecule has 3 heteroatoms. The number of anilines is 1. The summed E-state index contributed by atoms with van der Waals surface area (Å²) in [5, 5.41) is 0. The van der Waals surface area contributed by atoms with Crippen LogP contribution in [0.25, 0.3) is 0 Å². The van der Waals surface area contributed by atoms with Gasteiger partial charge in [-0.05, 0) is 31.6 Å². The van der Waals surface area contributed by atoms with Crippen molar-refractivity contribution in [1.82, 2.24) is 0 Å². The summed E-state index contributed by atoms with van der Waals surface area (Å²) >= 11 is 0. The molecule has 2 aliphatic heterocycles. The molecule has 2 unspecified atom stereocenters. The van der Waals surface area contributed by atoms with Gasteiger partial charge in [-0.15, -0.1) is 0 Å². The molecule has 2 aliphatic rings. The lowest BCUT2D eigenvalue weighted by atomic mass is 10.1. The Labute approximate surface area is 85.8 Å². The fourth-order valence-corrected chi connectivity index (χ4v) is 4.39. The van der Waals surface area contributed by atoms with E-state index in [1.54, 1.807) is 0 Å². The van der Waals surface area contributed by atoms with Gasteiger partial charge in [0.2, 0.25) is 0 Å². The van der Waals surface area contributed by atoms with Gasteiger partial charge in [-0.1, -0.05) is 18.2 Å². The van der Waals surface area contributed by atoms with Crippen LogP contribution in [-0.4, -0.2) is 18.8 Å². The van der Waals surface area contributed by atoms with Crippen molar-refractivity contribution in [2.24, 2.45) is 0 Å². The van der Waals surface area contributed by atoms with Crippen LogP contribution in [0.3, 0.4) is 0 Å². The zero-order chi connectivity index (χ0) is 9.71. The number of fused-ring (bicyclic) bond motifs is 3. The fourth-order valence-electron chi connectivity index (χ4n) is 2.48. The first kappa shape index (κ1) is 8.70. The molecule has 0 spiro atoms. The minimum atomic E-state index is -0.398. The molecular weight excluding hydrogens is 193 g/mol. The maximum atomic E-state index is 5.88. The first-order valence-corrected chi connectivity index (χ1v) is 6.71. The first-order chi connectivity index (χ1) is 6.77. The number of rotatable bonds is 0. The van der Waals surface area contributed by atoms with Crippen LogP contribution < -0.4 is 4.67 Å². The van der Waals surface area contributed by atoms with Crippen LogP contribution in [-0.2, 0) is 10.9 Å². The van der Waals surface area contributed by atoms with Gasteiger partial charge in [0, 0.05) is 5.69 Å². The van der Waals surface area contributed by atoms with Gasteiger partial charge in [-0.2, -0.15) is 0 Å². The van der Waals surface area contributed by atoms with Crippen LogP contribution in [0.1, 0.15) is 12.5 Å². The molecule has 3 atom stereocenters. The van der Waals surface area contributed by atoms with Crippen molar-refractivity contribution >= 4 is 14.0 Å². The lowest BCUT2D eigenvalue weighted by molar-refractivity contribution is 0.252. The van der Waals surface area contributed by atoms with Crippen LogP contribution in [0.5, 0.6) is 0 Å². The Hall–Kier alpha value is -0.590. The Bertz CT molecular complexity index is 368. The third kappa shape index (κ3) is 1.04. The van der Waals surface area contributed by atoms with E-state index >= 15 is 0 Å². The zero-order valence-electron chi connectivity index (χ0n) is 8.47. The van der Waals surface area contributed by atoms with Crippen molar-refractivity contribution in [3.63, 3.8) is 0 Å². The zero-order valence-corrected chi connectivity index (χ0v) is 9.37. The van der Waals surface area contributed by atoms with E-state index in [1.807, 2.05) is 0 Å². The lowest BCUT2D eigenvalue weighted by Crippen LogP contribution is -2.28. The van der Waals surface area contributed by atoms with Crippen LogP contribution in [0.15, 0.2) is 24.3 Å². The summed E-state index contributed by atoms with van der Waals surface area (Å²) < 4.78 is 8.36. The summed E-state index contributed by atoms with van der Waals surface area (Å²) in [5.74, 6) is 0. The van der Waals surface area contributed by atoms with Crippen molar-refractivity contribution in [2.75, 3.05) is 11.3 Å². The lowest BCUT2D eigenvalue weighted by Gasteiger charge is -2.21. The highest BCUT2D eigenvalue weighted by atomic mass is 31.2. The monoisotopic (exact) mass is 207 g/mol. The average Bonchev–Trinajstić information content (AvgIpc) is 2.66. The van der Waals surface area contributed by atoms with E-state index in [0.29, 0.717) is 12.1 Å². The van der Waals surface area contributed by atoms with Crippen molar-refractivity contribution in [3.8, 4) is 0 Å². The van der Waals surface area contributed by atoms with E-state index in [2.05, 4.69) is 42.5 Å². The summed E-state index contributed by atoms with van der Waals surface area (Å²) in [7, 11) is -0.398. The Morgan fingerprint density at radius 2 is 2.21 bits per heavy atom. The second-order valence-electron chi connectivity index (χ2n) is 4.02. The predicted octanol–water partition coefficient (Wildman–Crippen LogP) is 2.78. The predicted molar refractivity (Wildman–Crippen MR) is 59.8 cm³/mol. The number of para-hydroxylation sites is 1. The standard InChI is InChI=1S/C11H14NOP/c1-8-11-7-9-5-3-4-6-10(9)12(11)14(2)13-8/h3-6,8,11H,7H2,1-2H3/t8-,11?,14?/m1/s1. The van der Waals surface area contributed by atoms with Crippen LogP contribution in [0.4, 0.5) is 5.69 Å². The van der Waals surface area contributed by atoms with Gasteiger partial charge in [-0.3, -0.25) is 0 Å². The molecule has 2 heterocycles. The summed E-state index contributed by atoms with van der Waals surface area (Å²) in [6.45, 7) is 4.39. The number of hydrogen-bond donors (Lipinski definition) is 0. The van der Waals surface area contributed by atoms with Gasteiger partial charge >= 0.3 is 0 Å². The molecule has 0 amide bonds. The summed E-state index contributed by atoms with van der Waals surface area (Å²) in [5.41, 5.74) is 2.89. The molecule has 74 valence electrons. The molecule has 0 aromatic heterocycles. The van der Waals surface area contributed by atoms with Crippen LogP contribution in [0.2, 0.25) is 0 Å². The molecule has 3 rings (SSSR count). The van der Waals surface area contributed by atoms with E-state index in [9.17, 15) is 0 Å². The largest absolute Gasteiger partial charge is 0.334 e. The van der Waals surface area contributed by atoms with E-state index in [4.69, 9.17) is 4.52 Å². The Morgan fingerprint density at radius 1 is 1.43 bits per heavy atom. The fraction of sp³-hybridized carbons (Fsp3) is 0.455. The molecule has 2 nitrogen and oxygen atoms in total. The molecule has 1 saturated heterocycles. The van der Waals surface area contributed by atoms with Gasteiger partial charge in [0.25, 0.3) is 0 Å². The van der Waals surface area contributed by atoms with Crippen molar-refractivity contribution < 1.29 is 4.52 Å². The van der Waals surface area contributed by atoms with Crippen molar-refractivity contribution in [1.29, 1.82) is 0 Å². The molecule has 1 fully saturated rings. The Balaban J connectivity index is 2.06. The van der Waals surface area contributed by atoms with E-state index in [1.165, 1.54) is 11.3 Å². The maximum absolute atomic E-state index is 5.88. The van der Waals surface area contributed by atoms with E-state index < -0.39 is 8.30 Å². The second-order valence-corrected chi connectivity index (χ2v) is 5.59. The summed E-state index contributed by atoms with van der Waals surface area (Å²) in [6.07, 6.45) is 1.54. The molecule has 0 radical (unpaired) electrons. The van der Waals surface area contributed by atoms with Gasteiger partial charge in [-0.25, -0.2) is 0 Å². The van der Waals surface area contributed by atoms with Gasteiger partial charge in [0.15, 0.2) is 0 Å². The molecule has 0 N–H and O–H groups in total. The quantitative estimate of drug-likeness (QED) is 0.606. The molecule has 1 aromatic carbocycles. The molecule has 14 heavy (non-hydrogen) atoms. The number of benzene rings is 1. The first-order valence-electron chi connectivity index (χ1n) is 5.05. The Morgan fingerprint density at radius 3 is 3.07 bits per heavy atom. The van der Waals surface area contributed by atoms with Crippen molar-refractivity contribution in [3.05, 3.63) is 29.8 Å². The SMILES string of the molecule is C[C@H]1OP(C)N2c3ccccc3CC12. The van der Waals surface area contributed by atoms with Gasteiger partial charge in [0.1, 0.15) is 8.30 Å². The topological polar surface area (TPSA) is 12.5 Å². The highest BCUT2D eigenvalue weighted by Gasteiger charge is 2.43. The molecule has 0 aliphatic carbocycles. The van der Waals surface area contributed by atoms with Crippen LogP contribution >= 0.6 is 8.30 Å². The van der Waals surface area contributed by atoms with Gasteiger partial charge < -0.3 is 9.19 Å². The summed E-state index contributed by atoms with van der Waals surface area (Å²) in [6, 6.07) is 9.29. The highest BCUT2D eigenvalue weighted by Crippen LogP contribution is 2.55. The minimum absolute atomic E-state index is 0.388. The highest BCUT2D eigenvalue weighted by molar-refractivity contribution is 7.54. The van der Waals surface area contributed by atoms with Gasteiger partial charge in [0.05, 0.1) is 12.1 Å². The molecular formula is C11H14NOP. The molecule has 1 aromatic rings. The van der Waals surface area contributed by atoms with E-state index in [0.717, 1.165) is 6.42 Å². The van der Waals surface area contributed by atoms with Crippen molar-refractivity contribution in [2.45, 2.75) is 25.5 Å². The summed E-state index contributed by atoms with van der Waals surface area (Å²) in [4.78, 5) is 0. The average molecular weight is 207 g/mol. The normalized spacial score (nSPS) is 34.4. The number of nitrogens with zero attached hydrogens (tertiary/aromatic N) is 1. The number of hydrogen-bond acceptors (Lipinski definition) is 2. The molecule has 0 saturated carbocycles. The third-order valence-electron chi connectivity index (χ3n) is 3.15. The minimum Gasteiger partial charge on any atom is -0.334 e. The maximum Gasteiger partial charge on any atom is 0.129 e. The van der Waals surface area contributed by atoms with E-state index in [-0.39, 0.29) is 0 Å². The second kappa shape index (κ2) is 2.95. The smallest absolute Gasteiger partial charge is 0.129 e. The van der Waals surface area contributed by atoms with Crippen LogP contribution in [0, 0.1) is 0 Å². The third-order valence-corrected chi connectivity index (χ3v) is 4.90. The molecule has 0 bridgehead atoms. The Kier molecular flexibility index (Phi) is 1.83.